The predicted octanol–water partition coefficient (Wildman–Crippen LogP) is 3.07. The summed E-state index contributed by atoms with van der Waals surface area (Å²) >= 11 is 0. The van der Waals surface area contributed by atoms with Crippen molar-refractivity contribution in [3.05, 3.63) is 54.2 Å². The molecule has 0 saturated carbocycles. The lowest BCUT2D eigenvalue weighted by atomic mass is 9.79. The molecule has 0 bridgehead atoms. The second kappa shape index (κ2) is 7.68. The Morgan fingerprint density at radius 3 is 2.88 bits per heavy atom. The zero-order chi connectivity index (χ0) is 17.8. The first kappa shape index (κ1) is 17.4. The van der Waals surface area contributed by atoms with Gasteiger partial charge in [0, 0.05) is 44.8 Å². The number of halogens is 1. The quantitative estimate of drug-likeness (QED) is 0.795. The fourth-order valence-corrected chi connectivity index (χ4v) is 4.02. The SMILES string of the molecule is Fc1cccnc1OCC[C@H]1CCOC2(C1)CN(Cc1ccncc1)C2. The van der Waals surface area contributed by atoms with E-state index in [2.05, 4.69) is 27.0 Å². The van der Waals surface area contributed by atoms with Gasteiger partial charge >= 0.3 is 0 Å². The van der Waals surface area contributed by atoms with Crippen LogP contribution in [0.3, 0.4) is 0 Å². The average molecular weight is 357 g/mol. The maximum absolute atomic E-state index is 13.5. The second-order valence-corrected chi connectivity index (χ2v) is 7.32. The number of likely N-dealkylation sites (tertiary alicyclic amines) is 1. The van der Waals surface area contributed by atoms with Crippen LogP contribution >= 0.6 is 0 Å². The van der Waals surface area contributed by atoms with E-state index in [0.717, 1.165) is 45.5 Å². The third-order valence-corrected chi connectivity index (χ3v) is 5.26. The van der Waals surface area contributed by atoms with Gasteiger partial charge in [-0.05, 0) is 55.0 Å². The van der Waals surface area contributed by atoms with Crippen molar-refractivity contribution in [1.82, 2.24) is 14.9 Å². The molecule has 2 aliphatic rings. The summed E-state index contributed by atoms with van der Waals surface area (Å²) in [6.45, 7) is 4.19. The van der Waals surface area contributed by atoms with Crippen LogP contribution in [0.2, 0.25) is 0 Å². The van der Waals surface area contributed by atoms with Crippen LogP contribution in [0.15, 0.2) is 42.9 Å². The minimum Gasteiger partial charge on any atom is -0.476 e. The third-order valence-electron chi connectivity index (χ3n) is 5.26. The highest BCUT2D eigenvalue weighted by molar-refractivity contribution is 5.13. The summed E-state index contributed by atoms with van der Waals surface area (Å²) < 4.78 is 25.2. The van der Waals surface area contributed by atoms with E-state index in [-0.39, 0.29) is 11.5 Å². The Hall–Kier alpha value is -2.05. The highest BCUT2D eigenvalue weighted by Crippen LogP contribution is 2.38. The summed E-state index contributed by atoms with van der Waals surface area (Å²) in [6, 6.07) is 7.06. The molecule has 5 nitrogen and oxygen atoms in total. The van der Waals surface area contributed by atoms with Crippen molar-refractivity contribution in [1.29, 1.82) is 0 Å². The van der Waals surface area contributed by atoms with Crippen molar-refractivity contribution in [2.75, 3.05) is 26.3 Å². The van der Waals surface area contributed by atoms with E-state index in [9.17, 15) is 4.39 Å². The van der Waals surface area contributed by atoms with Crippen LogP contribution in [0.5, 0.6) is 5.88 Å². The van der Waals surface area contributed by atoms with Crippen molar-refractivity contribution in [3.8, 4) is 5.88 Å². The van der Waals surface area contributed by atoms with E-state index in [1.54, 1.807) is 12.3 Å². The van der Waals surface area contributed by atoms with Crippen molar-refractivity contribution >= 4 is 0 Å². The summed E-state index contributed by atoms with van der Waals surface area (Å²) in [7, 11) is 0. The van der Waals surface area contributed by atoms with E-state index in [1.807, 2.05) is 12.4 Å². The zero-order valence-corrected chi connectivity index (χ0v) is 14.8. The number of hydrogen-bond acceptors (Lipinski definition) is 5. The van der Waals surface area contributed by atoms with Gasteiger partial charge in [0.25, 0.3) is 0 Å². The molecule has 2 aromatic heterocycles. The minimum atomic E-state index is -0.401. The number of nitrogens with zero attached hydrogens (tertiary/aromatic N) is 3. The average Bonchev–Trinajstić information content (AvgIpc) is 2.63. The van der Waals surface area contributed by atoms with Crippen LogP contribution in [-0.2, 0) is 11.3 Å². The van der Waals surface area contributed by atoms with E-state index < -0.39 is 5.82 Å². The van der Waals surface area contributed by atoms with Crippen LogP contribution in [0, 0.1) is 11.7 Å². The fourth-order valence-electron chi connectivity index (χ4n) is 4.02. The molecule has 2 aromatic rings. The van der Waals surface area contributed by atoms with Gasteiger partial charge in [0.05, 0.1) is 12.2 Å². The molecule has 4 heterocycles. The lowest BCUT2D eigenvalue weighted by Gasteiger charge is -2.53. The molecule has 4 rings (SSSR count). The van der Waals surface area contributed by atoms with Gasteiger partial charge in [-0.15, -0.1) is 0 Å². The molecule has 6 heteroatoms. The number of ether oxygens (including phenoxy) is 2. The van der Waals surface area contributed by atoms with Gasteiger partial charge in [0.2, 0.25) is 5.88 Å². The Balaban J connectivity index is 1.23. The first-order valence-electron chi connectivity index (χ1n) is 9.21. The predicted molar refractivity (Wildman–Crippen MR) is 95.2 cm³/mol. The van der Waals surface area contributed by atoms with Crippen LogP contribution in [0.1, 0.15) is 24.8 Å². The van der Waals surface area contributed by atoms with E-state index in [1.165, 1.54) is 11.6 Å². The fraction of sp³-hybridized carbons (Fsp3) is 0.500. The summed E-state index contributed by atoms with van der Waals surface area (Å²) in [5.41, 5.74) is 1.28. The van der Waals surface area contributed by atoms with Crippen molar-refractivity contribution in [2.45, 2.75) is 31.4 Å². The van der Waals surface area contributed by atoms with Crippen LogP contribution in [-0.4, -0.2) is 46.8 Å². The van der Waals surface area contributed by atoms with Crippen LogP contribution in [0.4, 0.5) is 4.39 Å². The second-order valence-electron chi connectivity index (χ2n) is 7.32. The zero-order valence-electron chi connectivity index (χ0n) is 14.8. The Labute approximate surface area is 153 Å². The monoisotopic (exact) mass is 357 g/mol. The van der Waals surface area contributed by atoms with Gasteiger partial charge in [-0.2, -0.15) is 0 Å². The standard InChI is InChI=1S/C20H24FN3O2/c21-18-2-1-7-23-19(18)25-10-5-16-6-11-26-20(12-16)14-24(15-20)13-17-3-8-22-9-4-17/h1-4,7-9,16H,5-6,10-15H2/t16-/m0/s1. The maximum Gasteiger partial charge on any atom is 0.250 e. The molecule has 138 valence electrons. The molecule has 0 aliphatic carbocycles. The largest absolute Gasteiger partial charge is 0.476 e. The minimum absolute atomic E-state index is 0.00774. The molecule has 2 fully saturated rings. The maximum atomic E-state index is 13.5. The van der Waals surface area contributed by atoms with Gasteiger partial charge in [-0.3, -0.25) is 9.88 Å². The molecule has 2 aliphatic heterocycles. The van der Waals surface area contributed by atoms with Crippen LogP contribution in [0.25, 0.3) is 0 Å². The van der Waals surface area contributed by atoms with Crippen molar-refractivity contribution in [2.24, 2.45) is 5.92 Å². The highest BCUT2D eigenvalue weighted by atomic mass is 19.1. The molecule has 0 radical (unpaired) electrons. The van der Waals surface area contributed by atoms with Gasteiger partial charge in [0.1, 0.15) is 0 Å². The summed E-state index contributed by atoms with van der Waals surface area (Å²) in [6.07, 6.45) is 8.22. The Morgan fingerprint density at radius 1 is 1.23 bits per heavy atom. The summed E-state index contributed by atoms with van der Waals surface area (Å²) in [5.74, 6) is 0.252. The van der Waals surface area contributed by atoms with E-state index in [4.69, 9.17) is 9.47 Å². The summed E-state index contributed by atoms with van der Waals surface area (Å²) in [4.78, 5) is 10.4. The first-order chi connectivity index (χ1) is 12.7. The molecule has 0 amide bonds. The van der Waals surface area contributed by atoms with Crippen molar-refractivity contribution in [3.63, 3.8) is 0 Å². The number of pyridine rings is 2. The van der Waals surface area contributed by atoms with E-state index in [0.29, 0.717) is 12.5 Å². The molecular weight excluding hydrogens is 333 g/mol. The molecule has 1 atom stereocenters. The van der Waals surface area contributed by atoms with Gasteiger partial charge in [-0.25, -0.2) is 9.37 Å². The normalized spacial score (nSPS) is 22.1. The number of aromatic nitrogens is 2. The van der Waals surface area contributed by atoms with Crippen molar-refractivity contribution < 1.29 is 13.9 Å². The number of rotatable bonds is 6. The Bertz CT molecular complexity index is 722. The molecular formula is C20H24FN3O2. The molecule has 26 heavy (non-hydrogen) atoms. The van der Waals surface area contributed by atoms with Gasteiger partial charge in [0.15, 0.2) is 5.82 Å². The molecule has 2 saturated heterocycles. The third kappa shape index (κ3) is 4.02. The lowest BCUT2D eigenvalue weighted by molar-refractivity contribution is -0.182. The van der Waals surface area contributed by atoms with Gasteiger partial charge < -0.3 is 9.47 Å². The molecule has 1 spiro atoms. The Morgan fingerprint density at radius 2 is 2.08 bits per heavy atom. The topological polar surface area (TPSA) is 47.5 Å². The smallest absolute Gasteiger partial charge is 0.250 e. The molecule has 0 N–H and O–H groups in total. The summed E-state index contributed by atoms with van der Waals surface area (Å²) in [5, 5.41) is 0. The van der Waals surface area contributed by atoms with Gasteiger partial charge in [-0.1, -0.05) is 0 Å². The first-order valence-corrected chi connectivity index (χ1v) is 9.21. The molecule has 0 aromatic carbocycles. The molecule has 0 unspecified atom stereocenters. The number of hydrogen-bond donors (Lipinski definition) is 0. The Kier molecular flexibility index (Phi) is 5.13. The lowest BCUT2D eigenvalue weighted by Crippen LogP contribution is -2.64. The van der Waals surface area contributed by atoms with E-state index >= 15 is 0 Å². The highest BCUT2D eigenvalue weighted by Gasteiger charge is 2.47. The van der Waals surface area contributed by atoms with Crippen LogP contribution < -0.4 is 4.74 Å².